The van der Waals surface area contributed by atoms with Crippen LogP contribution in [0.2, 0.25) is 5.02 Å². The minimum Gasteiger partial charge on any atom is -0.223 e. The smallest absolute Gasteiger partial charge is 0.223 e. The number of hydrogen-bond donors (Lipinski definition) is 1. The van der Waals surface area contributed by atoms with Crippen molar-refractivity contribution in [2.24, 2.45) is 0 Å². The Morgan fingerprint density at radius 3 is 2.54 bits per heavy atom. The van der Waals surface area contributed by atoms with Crippen molar-refractivity contribution in [2.75, 3.05) is 0 Å². The van der Waals surface area contributed by atoms with Crippen molar-refractivity contribution < 1.29 is 8.42 Å². The van der Waals surface area contributed by atoms with Gasteiger partial charge in [0, 0.05) is 6.04 Å². The van der Waals surface area contributed by atoms with Gasteiger partial charge in [-0.1, -0.05) is 23.7 Å². The maximum Gasteiger partial charge on any atom is 0.241 e. The van der Waals surface area contributed by atoms with Crippen molar-refractivity contribution in [3.8, 4) is 11.8 Å². The van der Waals surface area contributed by atoms with Crippen molar-refractivity contribution >= 4 is 21.6 Å². The van der Waals surface area contributed by atoms with Crippen LogP contribution in [0.4, 0.5) is 0 Å². The molecular weight excluding hydrogens is 374 g/mol. The zero-order valence-electron chi connectivity index (χ0n) is 13.7. The van der Waals surface area contributed by atoms with Crippen LogP contribution in [0.3, 0.4) is 0 Å². The Balaban J connectivity index is 1.79. The number of halogens is 1. The zero-order chi connectivity index (χ0) is 18.7. The summed E-state index contributed by atoms with van der Waals surface area (Å²) in [5.41, 5.74) is 1.83. The van der Waals surface area contributed by atoms with Gasteiger partial charge in [-0.3, -0.25) is 0 Å². The van der Waals surface area contributed by atoms with Gasteiger partial charge in [-0.25, -0.2) is 22.8 Å². The number of nitrogens with one attached hydrogen (secondary N) is 1. The number of nitrogens with zero attached hydrogens (tertiary/aromatic N) is 4. The van der Waals surface area contributed by atoms with Gasteiger partial charge in [-0.2, -0.15) is 10.4 Å². The van der Waals surface area contributed by atoms with Crippen LogP contribution < -0.4 is 4.72 Å². The van der Waals surface area contributed by atoms with E-state index in [2.05, 4.69) is 14.8 Å². The highest BCUT2D eigenvalue weighted by Crippen LogP contribution is 2.22. The van der Waals surface area contributed by atoms with Gasteiger partial charge >= 0.3 is 0 Å². The summed E-state index contributed by atoms with van der Waals surface area (Å²) >= 11 is 5.93. The van der Waals surface area contributed by atoms with E-state index in [0.29, 0.717) is 0 Å². The highest BCUT2D eigenvalue weighted by molar-refractivity contribution is 7.89. The lowest BCUT2D eigenvalue weighted by Crippen LogP contribution is -2.27. The van der Waals surface area contributed by atoms with E-state index in [9.17, 15) is 8.42 Å². The maximum absolute atomic E-state index is 12.5. The first kappa shape index (κ1) is 18.1. The van der Waals surface area contributed by atoms with Crippen LogP contribution in [0, 0.1) is 11.3 Å². The van der Waals surface area contributed by atoms with Crippen LogP contribution in [0.5, 0.6) is 0 Å². The number of sulfonamides is 1. The van der Waals surface area contributed by atoms with E-state index in [0.717, 1.165) is 11.3 Å². The highest BCUT2D eigenvalue weighted by Gasteiger charge is 2.19. The molecule has 1 aromatic heterocycles. The molecule has 26 heavy (non-hydrogen) atoms. The molecule has 0 aliphatic carbocycles. The molecule has 1 unspecified atom stereocenters. The molecule has 1 N–H and O–H groups in total. The van der Waals surface area contributed by atoms with Gasteiger partial charge < -0.3 is 0 Å². The summed E-state index contributed by atoms with van der Waals surface area (Å²) in [5, 5.41) is 13.0. The Kier molecular flexibility index (Phi) is 5.04. The van der Waals surface area contributed by atoms with E-state index in [1.807, 2.05) is 30.3 Å². The summed E-state index contributed by atoms with van der Waals surface area (Å²) in [5.74, 6) is 0. The average Bonchev–Trinajstić information content (AvgIpc) is 3.16. The fraction of sp³-hybridized carbons (Fsp3) is 0.118. The van der Waals surface area contributed by atoms with Gasteiger partial charge in [0.15, 0.2) is 0 Å². The van der Waals surface area contributed by atoms with Crippen LogP contribution in [0.15, 0.2) is 60.0 Å². The highest BCUT2D eigenvalue weighted by atomic mass is 35.5. The second-order valence-corrected chi connectivity index (χ2v) is 7.65. The summed E-state index contributed by atoms with van der Waals surface area (Å²) in [4.78, 5) is 3.89. The molecule has 0 radical (unpaired) electrons. The Labute approximate surface area is 155 Å². The minimum atomic E-state index is -3.78. The van der Waals surface area contributed by atoms with Crippen LogP contribution in [0.1, 0.15) is 24.1 Å². The van der Waals surface area contributed by atoms with E-state index < -0.39 is 16.1 Å². The normalized spacial score (nSPS) is 12.5. The molecule has 132 valence electrons. The molecule has 9 heteroatoms. The van der Waals surface area contributed by atoms with Crippen LogP contribution in [0.25, 0.3) is 5.69 Å². The number of nitriles is 1. The predicted molar refractivity (Wildman–Crippen MR) is 96.3 cm³/mol. The number of rotatable bonds is 5. The monoisotopic (exact) mass is 387 g/mol. The van der Waals surface area contributed by atoms with E-state index in [4.69, 9.17) is 16.9 Å². The number of hydrogen-bond acceptors (Lipinski definition) is 5. The summed E-state index contributed by atoms with van der Waals surface area (Å²) < 4.78 is 29.3. The Bertz CT molecular complexity index is 1060. The fourth-order valence-corrected chi connectivity index (χ4v) is 3.93. The molecule has 0 amide bonds. The molecule has 0 aliphatic rings. The van der Waals surface area contributed by atoms with Crippen molar-refractivity contribution in [3.63, 3.8) is 0 Å². The molecule has 0 bridgehead atoms. The molecular formula is C17H14ClN5O2S. The number of benzene rings is 2. The molecule has 3 aromatic rings. The first-order valence-corrected chi connectivity index (χ1v) is 9.44. The maximum atomic E-state index is 12.5. The van der Waals surface area contributed by atoms with E-state index in [1.165, 1.54) is 24.5 Å². The molecule has 0 saturated carbocycles. The van der Waals surface area contributed by atoms with Crippen molar-refractivity contribution in [1.82, 2.24) is 19.5 Å². The zero-order valence-corrected chi connectivity index (χ0v) is 15.2. The van der Waals surface area contributed by atoms with Crippen molar-refractivity contribution in [3.05, 3.63) is 71.3 Å². The van der Waals surface area contributed by atoms with Gasteiger partial charge in [-0.05, 0) is 42.8 Å². The number of aromatic nitrogens is 3. The van der Waals surface area contributed by atoms with E-state index in [-0.39, 0.29) is 15.5 Å². The Morgan fingerprint density at radius 2 is 1.96 bits per heavy atom. The topological polar surface area (TPSA) is 101 Å². The first-order chi connectivity index (χ1) is 12.4. The lowest BCUT2D eigenvalue weighted by molar-refractivity contribution is 0.567. The first-order valence-electron chi connectivity index (χ1n) is 7.57. The molecule has 0 aliphatic heterocycles. The van der Waals surface area contributed by atoms with Gasteiger partial charge in [0.1, 0.15) is 18.7 Å². The van der Waals surface area contributed by atoms with Gasteiger partial charge in [-0.15, -0.1) is 0 Å². The summed E-state index contributed by atoms with van der Waals surface area (Å²) in [7, 11) is -3.78. The molecule has 0 saturated heterocycles. The Morgan fingerprint density at radius 1 is 1.23 bits per heavy atom. The molecule has 3 rings (SSSR count). The standard InChI is InChI=1S/C17H14ClN5O2S/c1-12(13-2-5-15(6-3-13)23-11-20-10-21-23)22-26(24,25)16-7-4-14(9-19)17(18)8-16/h2-8,10-12,22H,1H3. The van der Waals surface area contributed by atoms with E-state index in [1.54, 1.807) is 17.9 Å². The van der Waals surface area contributed by atoms with Crippen LogP contribution >= 0.6 is 11.6 Å². The lowest BCUT2D eigenvalue weighted by Gasteiger charge is -2.15. The average molecular weight is 388 g/mol. The van der Waals surface area contributed by atoms with Gasteiger partial charge in [0.05, 0.1) is 21.2 Å². The molecule has 2 aromatic carbocycles. The second kappa shape index (κ2) is 7.25. The van der Waals surface area contributed by atoms with Crippen molar-refractivity contribution in [2.45, 2.75) is 17.9 Å². The predicted octanol–water partition coefficient (Wildman–Crippen LogP) is 2.83. The molecule has 7 nitrogen and oxygen atoms in total. The van der Waals surface area contributed by atoms with E-state index >= 15 is 0 Å². The van der Waals surface area contributed by atoms with Gasteiger partial charge in [0.25, 0.3) is 0 Å². The third-order valence-electron chi connectivity index (χ3n) is 3.78. The Hall–Kier alpha value is -2.73. The summed E-state index contributed by atoms with van der Waals surface area (Å²) in [6, 6.07) is 12.7. The molecule has 1 heterocycles. The van der Waals surface area contributed by atoms with Crippen LogP contribution in [-0.4, -0.2) is 23.2 Å². The second-order valence-electron chi connectivity index (χ2n) is 5.53. The largest absolute Gasteiger partial charge is 0.241 e. The quantitative estimate of drug-likeness (QED) is 0.725. The minimum absolute atomic E-state index is 0.00702. The third-order valence-corrected chi connectivity index (χ3v) is 5.63. The molecule has 0 fully saturated rings. The fourth-order valence-electron chi connectivity index (χ4n) is 2.38. The summed E-state index contributed by atoms with van der Waals surface area (Å²) in [6.45, 7) is 1.74. The van der Waals surface area contributed by atoms with Gasteiger partial charge in [0.2, 0.25) is 10.0 Å². The third kappa shape index (κ3) is 3.75. The molecule has 0 spiro atoms. The lowest BCUT2D eigenvalue weighted by atomic mass is 10.1. The summed E-state index contributed by atoms with van der Waals surface area (Å²) in [6.07, 6.45) is 3.02. The van der Waals surface area contributed by atoms with Crippen molar-refractivity contribution in [1.29, 1.82) is 5.26 Å². The SMILES string of the molecule is CC(NS(=O)(=O)c1ccc(C#N)c(Cl)c1)c1ccc(-n2cncn2)cc1. The molecule has 1 atom stereocenters. The van der Waals surface area contributed by atoms with Crippen LogP contribution in [-0.2, 0) is 10.0 Å².